The third-order valence-corrected chi connectivity index (χ3v) is 4.15. The van der Waals surface area contributed by atoms with Gasteiger partial charge in [-0.15, -0.1) is 11.8 Å². The van der Waals surface area contributed by atoms with E-state index in [0.29, 0.717) is 6.54 Å². The number of aliphatic imine (C=N–C) groups is 1. The predicted octanol–water partition coefficient (Wildman–Crippen LogP) is 2.32. The second kappa shape index (κ2) is 7.89. The van der Waals surface area contributed by atoms with Crippen LogP contribution in [0, 0.1) is 6.92 Å². The van der Waals surface area contributed by atoms with E-state index in [4.69, 9.17) is 0 Å². The van der Waals surface area contributed by atoms with Crippen molar-refractivity contribution in [3.63, 3.8) is 0 Å². The van der Waals surface area contributed by atoms with Gasteiger partial charge in [0, 0.05) is 43.8 Å². The molecule has 1 aromatic heterocycles. The van der Waals surface area contributed by atoms with Gasteiger partial charge in [-0.3, -0.25) is 9.67 Å². The zero-order valence-electron chi connectivity index (χ0n) is 13.6. The Morgan fingerprint density at radius 2 is 2.09 bits per heavy atom. The first-order valence-electron chi connectivity index (χ1n) is 7.18. The predicted molar refractivity (Wildman–Crippen MR) is 93.2 cm³/mol. The summed E-state index contributed by atoms with van der Waals surface area (Å²) in [5.74, 6) is 0.788. The van der Waals surface area contributed by atoms with Gasteiger partial charge in [-0.2, -0.15) is 5.10 Å². The summed E-state index contributed by atoms with van der Waals surface area (Å²) in [4.78, 5) is 5.56. The van der Waals surface area contributed by atoms with Crippen LogP contribution in [0.5, 0.6) is 0 Å². The average Bonchev–Trinajstić information content (AvgIpc) is 2.94. The monoisotopic (exact) mass is 317 g/mol. The molecule has 1 heterocycles. The topological polar surface area (TPSA) is 54.2 Å². The Kier molecular flexibility index (Phi) is 5.89. The van der Waals surface area contributed by atoms with Gasteiger partial charge >= 0.3 is 0 Å². The maximum atomic E-state index is 4.26. The lowest BCUT2D eigenvalue weighted by Crippen LogP contribution is -2.36. The summed E-state index contributed by atoms with van der Waals surface area (Å²) in [5, 5.41) is 10.8. The minimum absolute atomic E-state index is 0.705. The van der Waals surface area contributed by atoms with Crippen molar-refractivity contribution < 1.29 is 0 Å². The molecule has 0 aliphatic heterocycles. The fraction of sp³-hybridized carbons (Fsp3) is 0.375. The minimum Gasteiger partial charge on any atom is -0.352 e. The number of thioether (sulfide) groups is 1. The maximum absolute atomic E-state index is 4.26. The van der Waals surface area contributed by atoms with E-state index in [1.165, 1.54) is 16.0 Å². The average molecular weight is 317 g/mol. The lowest BCUT2D eigenvalue weighted by molar-refractivity contribution is 0.764. The summed E-state index contributed by atoms with van der Waals surface area (Å²) in [6, 6.07) is 6.53. The molecule has 0 fully saturated rings. The van der Waals surface area contributed by atoms with E-state index < -0.39 is 0 Å². The van der Waals surface area contributed by atoms with Crippen molar-refractivity contribution in [3.05, 3.63) is 47.3 Å². The van der Waals surface area contributed by atoms with Crippen molar-refractivity contribution in [2.75, 3.05) is 13.3 Å². The highest BCUT2D eigenvalue weighted by Gasteiger charge is 2.04. The van der Waals surface area contributed by atoms with E-state index in [1.807, 2.05) is 19.4 Å². The van der Waals surface area contributed by atoms with Crippen molar-refractivity contribution in [1.29, 1.82) is 0 Å². The summed E-state index contributed by atoms with van der Waals surface area (Å²) in [5.41, 5.74) is 3.69. The molecule has 0 bridgehead atoms. The van der Waals surface area contributed by atoms with Crippen molar-refractivity contribution in [2.45, 2.75) is 24.9 Å². The van der Waals surface area contributed by atoms with E-state index in [9.17, 15) is 0 Å². The molecule has 0 unspecified atom stereocenters. The molecule has 5 nitrogen and oxygen atoms in total. The summed E-state index contributed by atoms with van der Waals surface area (Å²) in [6.45, 7) is 3.57. The van der Waals surface area contributed by atoms with Gasteiger partial charge < -0.3 is 10.6 Å². The van der Waals surface area contributed by atoms with Crippen LogP contribution >= 0.6 is 11.8 Å². The first-order valence-corrected chi connectivity index (χ1v) is 8.40. The Morgan fingerprint density at radius 3 is 2.73 bits per heavy atom. The zero-order chi connectivity index (χ0) is 15.9. The van der Waals surface area contributed by atoms with E-state index >= 15 is 0 Å². The molecule has 118 valence electrons. The number of hydrogen-bond acceptors (Lipinski definition) is 3. The normalized spacial score (nSPS) is 11.5. The molecule has 0 amide bonds. The Morgan fingerprint density at radius 1 is 1.32 bits per heavy atom. The van der Waals surface area contributed by atoms with Gasteiger partial charge in [0.2, 0.25) is 0 Å². The third-order valence-electron chi connectivity index (χ3n) is 3.33. The standard InChI is InChI=1S/C16H23N5S/c1-12-5-6-14(15(7-12)22-4)10-19-16(17-2)18-8-13-9-20-21(3)11-13/h5-7,9,11H,8,10H2,1-4H3,(H2,17,18,19). The van der Waals surface area contributed by atoms with E-state index in [1.54, 1.807) is 23.5 Å². The lowest BCUT2D eigenvalue weighted by Gasteiger charge is -2.13. The number of guanidine groups is 1. The Bertz CT molecular complexity index is 648. The fourth-order valence-corrected chi connectivity index (χ4v) is 2.85. The van der Waals surface area contributed by atoms with Crippen LogP contribution in [0.3, 0.4) is 0 Å². The van der Waals surface area contributed by atoms with Gasteiger partial charge in [-0.25, -0.2) is 0 Å². The van der Waals surface area contributed by atoms with Crippen molar-refractivity contribution in [1.82, 2.24) is 20.4 Å². The van der Waals surface area contributed by atoms with Crippen molar-refractivity contribution in [2.24, 2.45) is 12.0 Å². The van der Waals surface area contributed by atoms with Gasteiger partial charge in [0.25, 0.3) is 0 Å². The second-order valence-corrected chi connectivity index (χ2v) is 5.96. The Hall–Kier alpha value is -1.95. The molecule has 0 saturated heterocycles. The Balaban J connectivity index is 1.91. The minimum atomic E-state index is 0.705. The van der Waals surface area contributed by atoms with Crippen LogP contribution in [-0.4, -0.2) is 29.0 Å². The molecular formula is C16H23N5S. The van der Waals surface area contributed by atoms with Crippen LogP contribution in [0.1, 0.15) is 16.7 Å². The fourth-order valence-electron chi connectivity index (χ4n) is 2.15. The molecule has 0 saturated carbocycles. The summed E-state index contributed by atoms with van der Waals surface area (Å²) in [7, 11) is 3.70. The SMILES string of the molecule is CN=C(NCc1cnn(C)c1)NCc1ccc(C)cc1SC. The molecule has 2 N–H and O–H groups in total. The maximum Gasteiger partial charge on any atom is 0.191 e. The lowest BCUT2D eigenvalue weighted by atomic mass is 10.1. The van der Waals surface area contributed by atoms with Crippen molar-refractivity contribution >= 4 is 17.7 Å². The first kappa shape index (κ1) is 16.4. The summed E-state index contributed by atoms with van der Waals surface area (Å²) in [6.07, 6.45) is 5.95. The smallest absolute Gasteiger partial charge is 0.191 e. The van der Waals surface area contributed by atoms with Crippen LogP contribution in [0.25, 0.3) is 0 Å². The van der Waals surface area contributed by atoms with Gasteiger partial charge in [0.1, 0.15) is 0 Å². The van der Waals surface area contributed by atoms with Gasteiger partial charge in [0.15, 0.2) is 5.96 Å². The van der Waals surface area contributed by atoms with Gasteiger partial charge in [-0.05, 0) is 30.4 Å². The highest BCUT2D eigenvalue weighted by Crippen LogP contribution is 2.21. The van der Waals surface area contributed by atoms with E-state index in [2.05, 4.69) is 52.1 Å². The summed E-state index contributed by atoms with van der Waals surface area (Å²) >= 11 is 1.77. The number of nitrogens with zero attached hydrogens (tertiary/aromatic N) is 3. The number of nitrogens with one attached hydrogen (secondary N) is 2. The van der Waals surface area contributed by atoms with Crippen LogP contribution in [0.15, 0.2) is 40.5 Å². The van der Waals surface area contributed by atoms with E-state index in [0.717, 1.165) is 18.1 Å². The molecule has 2 rings (SSSR count). The number of aromatic nitrogens is 2. The largest absolute Gasteiger partial charge is 0.352 e. The highest BCUT2D eigenvalue weighted by molar-refractivity contribution is 7.98. The highest BCUT2D eigenvalue weighted by atomic mass is 32.2. The van der Waals surface area contributed by atoms with Gasteiger partial charge in [0.05, 0.1) is 6.20 Å². The second-order valence-electron chi connectivity index (χ2n) is 5.12. The molecule has 2 aromatic rings. The van der Waals surface area contributed by atoms with Crippen LogP contribution in [0.2, 0.25) is 0 Å². The van der Waals surface area contributed by atoms with Gasteiger partial charge in [-0.1, -0.05) is 12.1 Å². The van der Waals surface area contributed by atoms with Crippen LogP contribution in [-0.2, 0) is 20.1 Å². The quantitative estimate of drug-likeness (QED) is 0.505. The number of aryl methyl sites for hydroxylation is 2. The third kappa shape index (κ3) is 4.53. The summed E-state index contributed by atoms with van der Waals surface area (Å²) < 4.78 is 1.80. The van der Waals surface area contributed by atoms with E-state index in [-0.39, 0.29) is 0 Å². The number of benzene rings is 1. The molecule has 0 spiro atoms. The molecule has 0 aliphatic rings. The molecule has 0 aliphatic carbocycles. The zero-order valence-corrected chi connectivity index (χ0v) is 14.4. The molecule has 0 atom stereocenters. The molecule has 6 heteroatoms. The number of hydrogen-bond donors (Lipinski definition) is 2. The molecular weight excluding hydrogens is 294 g/mol. The number of rotatable bonds is 5. The molecule has 0 radical (unpaired) electrons. The molecule has 22 heavy (non-hydrogen) atoms. The van der Waals surface area contributed by atoms with Crippen molar-refractivity contribution in [3.8, 4) is 0 Å². The Labute approximate surface area is 136 Å². The van der Waals surface area contributed by atoms with Crippen LogP contribution < -0.4 is 10.6 Å². The first-order chi connectivity index (χ1) is 10.6. The molecule has 1 aromatic carbocycles. The van der Waals surface area contributed by atoms with Crippen LogP contribution in [0.4, 0.5) is 0 Å².